The van der Waals surface area contributed by atoms with Gasteiger partial charge in [-0.15, -0.1) is 0 Å². The second-order valence-corrected chi connectivity index (χ2v) is 5.29. The van der Waals surface area contributed by atoms with Gasteiger partial charge in [0.2, 0.25) is 0 Å². The molecule has 2 rings (SSSR count). The van der Waals surface area contributed by atoms with E-state index in [0.29, 0.717) is 5.69 Å². The van der Waals surface area contributed by atoms with Crippen LogP contribution >= 0.6 is 31.9 Å². The number of benzene rings is 2. The number of nitrogens with one attached hydrogen (secondary N) is 1. The van der Waals surface area contributed by atoms with Crippen LogP contribution in [0.2, 0.25) is 0 Å². The number of para-hydroxylation sites is 2. The van der Waals surface area contributed by atoms with Crippen LogP contribution in [0.3, 0.4) is 0 Å². The quantitative estimate of drug-likeness (QED) is 0.618. The zero-order valence-electron chi connectivity index (χ0n) is 9.06. The molecule has 0 aromatic heterocycles. The van der Waals surface area contributed by atoms with E-state index in [4.69, 9.17) is 0 Å². The van der Waals surface area contributed by atoms with Gasteiger partial charge < -0.3 is 5.32 Å². The SMILES string of the molecule is O=[N+]([O-])c1ccccc1Nc1cc(Br)ccc1Br. The predicted octanol–water partition coefficient (Wildman–Crippen LogP) is 4.86. The topological polar surface area (TPSA) is 55.2 Å². The molecule has 0 heterocycles. The summed E-state index contributed by atoms with van der Waals surface area (Å²) in [6.45, 7) is 0. The number of halogens is 2. The number of nitrogens with zero attached hydrogens (tertiary/aromatic N) is 1. The van der Waals surface area contributed by atoms with Crippen molar-refractivity contribution < 1.29 is 4.92 Å². The van der Waals surface area contributed by atoms with E-state index in [1.165, 1.54) is 6.07 Å². The lowest BCUT2D eigenvalue weighted by Gasteiger charge is -2.09. The third-order valence-electron chi connectivity index (χ3n) is 2.30. The molecule has 18 heavy (non-hydrogen) atoms. The Labute approximate surface area is 120 Å². The van der Waals surface area contributed by atoms with Crippen molar-refractivity contribution in [2.75, 3.05) is 5.32 Å². The van der Waals surface area contributed by atoms with E-state index >= 15 is 0 Å². The first-order chi connectivity index (χ1) is 8.58. The van der Waals surface area contributed by atoms with Crippen molar-refractivity contribution in [3.8, 4) is 0 Å². The molecule has 1 N–H and O–H groups in total. The molecule has 0 aliphatic carbocycles. The van der Waals surface area contributed by atoms with Crippen LogP contribution < -0.4 is 5.32 Å². The molecule has 2 aromatic carbocycles. The van der Waals surface area contributed by atoms with Gasteiger partial charge >= 0.3 is 0 Å². The summed E-state index contributed by atoms with van der Waals surface area (Å²) >= 11 is 6.76. The number of nitro groups is 1. The minimum absolute atomic E-state index is 0.0457. The van der Waals surface area contributed by atoms with Crippen LogP contribution in [0.15, 0.2) is 51.4 Å². The first-order valence-corrected chi connectivity index (χ1v) is 6.62. The fourth-order valence-electron chi connectivity index (χ4n) is 1.48. The lowest BCUT2D eigenvalue weighted by atomic mass is 10.2. The molecule has 0 aliphatic heterocycles. The first-order valence-electron chi connectivity index (χ1n) is 5.03. The number of hydrogen-bond donors (Lipinski definition) is 1. The smallest absolute Gasteiger partial charge is 0.292 e. The maximum atomic E-state index is 10.9. The molecule has 0 spiro atoms. The van der Waals surface area contributed by atoms with Crippen molar-refractivity contribution in [3.63, 3.8) is 0 Å². The standard InChI is InChI=1S/C12H8Br2N2O2/c13-8-5-6-9(14)11(7-8)15-10-3-1-2-4-12(10)16(17)18/h1-7,15H. The van der Waals surface area contributed by atoms with Crippen LogP contribution in [0.5, 0.6) is 0 Å². The summed E-state index contributed by atoms with van der Waals surface area (Å²) in [5.41, 5.74) is 1.27. The van der Waals surface area contributed by atoms with Crippen LogP contribution in [-0.2, 0) is 0 Å². The Morgan fingerprint density at radius 3 is 2.50 bits per heavy atom. The molecule has 0 aliphatic rings. The number of hydrogen-bond acceptors (Lipinski definition) is 3. The van der Waals surface area contributed by atoms with E-state index in [-0.39, 0.29) is 5.69 Å². The molecule has 0 saturated heterocycles. The fraction of sp³-hybridized carbons (Fsp3) is 0. The Kier molecular flexibility index (Phi) is 3.98. The molecule has 0 amide bonds. The highest BCUT2D eigenvalue weighted by Gasteiger charge is 2.13. The Morgan fingerprint density at radius 1 is 1.06 bits per heavy atom. The molecule has 4 nitrogen and oxygen atoms in total. The van der Waals surface area contributed by atoms with Gasteiger partial charge in [0.05, 0.1) is 10.6 Å². The zero-order valence-corrected chi connectivity index (χ0v) is 12.2. The second-order valence-electron chi connectivity index (χ2n) is 3.52. The summed E-state index contributed by atoms with van der Waals surface area (Å²) in [6, 6.07) is 12.1. The summed E-state index contributed by atoms with van der Waals surface area (Å²) < 4.78 is 1.73. The van der Waals surface area contributed by atoms with Crippen LogP contribution in [-0.4, -0.2) is 4.92 Å². The molecule has 2 aromatic rings. The van der Waals surface area contributed by atoms with Gasteiger partial charge in [-0.1, -0.05) is 28.1 Å². The molecular weight excluding hydrogens is 364 g/mol. The molecule has 0 fully saturated rings. The Morgan fingerprint density at radius 2 is 1.78 bits per heavy atom. The summed E-state index contributed by atoms with van der Waals surface area (Å²) in [5, 5.41) is 14.0. The maximum absolute atomic E-state index is 10.9. The largest absolute Gasteiger partial charge is 0.349 e. The molecule has 92 valence electrons. The average Bonchev–Trinajstić information content (AvgIpc) is 2.34. The normalized spacial score (nSPS) is 10.1. The zero-order chi connectivity index (χ0) is 13.1. The minimum Gasteiger partial charge on any atom is -0.349 e. The highest BCUT2D eigenvalue weighted by atomic mass is 79.9. The Bertz CT molecular complexity index is 602. The average molecular weight is 372 g/mol. The van der Waals surface area contributed by atoms with Crippen LogP contribution in [0, 0.1) is 10.1 Å². The highest BCUT2D eigenvalue weighted by molar-refractivity contribution is 9.11. The molecule has 6 heteroatoms. The Balaban J connectivity index is 2.40. The van der Waals surface area contributed by atoms with Crippen molar-refractivity contribution >= 4 is 48.9 Å². The van der Waals surface area contributed by atoms with Gasteiger partial charge in [0.1, 0.15) is 5.69 Å². The lowest BCUT2D eigenvalue weighted by molar-refractivity contribution is -0.383. The van der Waals surface area contributed by atoms with Gasteiger partial charge in [-0.25, -0.2) is 0 Å². The molecule has 0 unspecified atom stereocenters. The minimum atomic E-state index is -0.409. The number of anilines is 2. The third kappa shape index (κ3) is 2.88. The molecule has 0 saturated carbocycles. The fourth-order valence-corrected chi connectivity index (χ4v) is 2.18. The summed E-state index contributed by atoms with van der Waals surface area (Å²) in [4.78, 5) is 10.5. The summed E-state index contributed by atoms with van der Waals surface area (Å²) in [7, 11) is 0. The van der Waals surface area contributed by atoms with Gasteiger partial charge in [0.15, 0.2) is 0 Å². The molecule has 0 bridgehead atoms. The van der Waals surface area contributed by atoms with Crippen molar-refractivity contribution in [1.29, 1.82) is 0 Å². The van der Waals surface area contributed by atoms with Gasteiger partial charge in [-0.3, -0.25) is 10.1 Å². The monoisotopic (exact) mass is 370 g/mol. The van der Waals surface area contributed by atoms with E-state index in [2.05, 4.69) is 37.2 Å². The summed E-state index contributed by atoms with van der Waals surface area (Å²) in [6.07, 6.45) is 0. The highest BCUT2D eigenvalue weighted by Crippen LogP contribution is 2.32. The van der Waals surface area contributed by atoms with Crippen LogP contribution in [0.1, 0.15) is 0 Å². The number of nitro benzene ring substituents is 1. The van der Waals surface area contributed by atoms with Crippen molar-refractivity contribution in [3.05, 3.63) is 61.5 Å². The predicted molar refractivity (Wildman–Crippen MR) is 78.2 cm³/mol. The van der Waals surface area contributed by atoms with E-state index in [1.54, 1.807) is 18.2 Å². The van der Waals surface area contributed by atoms with Gasteiger partial charge in [0, 0.05) is 15.0 Å². The molecule has 0 atom stereocenters. The van der Waals surface area contributed by atoms with Gasteiger partial charge in [-0.05, 0) is 40.2 Å². The van der Waals surface area contributed by atoms with E-state index in [1.807, 2.05) is 18.2 Å². The Hall–Kier alpha value is -1.40. The van der Waals surface area contributed by atoms with Crippen molar-refractivity contribution in [1.82, 2.24) is 0 Å². The van der Waals surface area contributed by atoms with E-state index in [9.17, 15) is 10.1 Å². The van der Waals surface area contributed by atoms with E-state index in [0.717, 1.165) is 14.6 Å². The van der Waals surface area contributed by atoms with E-state index < -0.39 is 4.92 Å². The summed E-state index contributed by atoms with van der Waals surface area (Å²) in [5.74, 6) is 0. The van der Waals surface area contributed by atoms with Crippen LogP contribution in [0.4, 0.5) is 17.1 Å². The van der Waals surface area contributed by atoms with Gasteiger partial charge in [-0.2, -0.15) is 0 Å². The second kappa shape index (κ2) is 5.49. The molecular formula is C12H8Br2N2O2. The third-order valence-corrected chi connectivity index (χ3v) is 3.48. The lowest BCUT2D eigenvalue weighted by Crippen LogP contribution is -1.97. The maximum Gasteiger partial charge on any atom is 0.292 e. The van der Waals surface area contributed by atoms with Crippen LogP contribution in [0.25, 0.3) is 0 Å². The van der Waals surface area contributed by atoms with Crippen molar-refractivity contribution in [2.24, 2.45) is 0 Å². The first kappa shape index (κ1) is 13.0. The molecule has 0 radical (unpaired) electrons. The van der Waals surface area contributed by atoms with Crippen molar-refractivity contribution in [2.45, 2.75) is 0 Å². The number of rotatable bonds is 3. The van der Waals surface area contributed by atoms with Gasteiger partial charge in [0.25, 0.3) is 5.69 Å².